The molecule has 0 amide bonds. The van der Waals surface area contributed by atoms with Gasteiger partial charge in [-0.1, -0.05) is 0 Å². The predicted molar refractivity (Wildman–Crippen MR) is 72.4 cm³/mol. The molecule has 1 fully saturated rings. The Morgan fingerprint density at radius 3 is 2.76 bits per heavy atom. The number of alkyl halides is 3. The van der Waals surface area contributed by atoms with Crippen LogP contribution in [0.25, 0.3) is 11.0 Å². The summed E-state index contributed by atoms with van der Waals surface area (Å²) < 4.78 is 45.8. The van der Waals surface area contributed by atoms with E-state index in [1.165, 1.54) is 6.07 Å². The van der Waals surface area contributed by atoms with E-state index in [1.807, 2.05) is 11.9 Å². The zero-order valence-electron chi connectivity index (χ0n) is 11.8. The Balaban J connectivity index is 2.04. The predicted octanol–water partition coefficient (Wildman–Crippen LogP) is 2.97. The summed E-state index contributed by atoms with van der Waals surface area (Å²) in [6, 6.07) is 2.96. The maximum Gasteiger partial charge on any atom is 0.422 e. The molecule has 1 saturated heterocycles. The molecule has 114 valence electrons. The van der Waals surface area contributed by atoms with E-state index < -0.39 is 11.7 Å². The molecule has 1 aromatic carbocycles. The molecule has 2 aromatic rings. The zero-order chi connectivity index (χ0) is 15.2. The van der Waals surface area contributed by atoms with Crippen molar-refractivity contribution in [3.63, 3.8) is 0 Å². The van der Waals surface area contributed by atoms with Crippen LogP contribution in [0.2, 0.25) is 0 Å². The van der Waals surface area contributed by atoms with Gasteiger partial charge in [-0.3, -0.25) is 0 Å². The molecule has 1 atom stereocenters. The average molecular weight is 299 g/mol. The van der Waals surface area contributed by atoms with Crippen molar-refractivity contribution in [3.8, 4) is 5.75 Å². The van der Waals surface area contributed by atoms with Gasteiger partial charge in [0.1, 0.15) is 28.8 Å². The van der Waals surface area contributed by atoms with E-state index in [1.54, 1.807) is 13.0 Å². The van der Waals surface area contributed by atoms with E-state index in [2.05, 4.69) is 9.97 Å². The Hall–Kier alpha value is -1.76. The first kappa shape index (κ1) is 14.2. The van der Waals surface area contributed by atoms with E-state index in [0.717, 1.165) is 13.0 Å². The van der Waals surface area contributed by atoms with Crippen LogP contribution in [0.15, 0.2) is 12.1 Å². The number of nitrogens with one attached hydrogen (secondary N) is 1. The normalized spacial score (nSPS) is 20.3. The number of rotatable bonds is 2. The number of aromatic nitrogens is 2. The number of aryl methyl sites for hydroxylation is 1. The number of likely N-dealkylation sites (tertiary alicyclic amines) is 1. The number of imidazole rings is 1. The molecular weight excluding hydrogens is 283 g/mol. The Morgan fingerprint density at radius 1 is 1.38 bits per heavy atom. The van der Waals surface area contributed by atoms with Crippen molar-refractivity contribution < 1.29 is 17.9 Å². The quantitative estimate of drug-likeness (QED) is 0.927. The highest BCUT2D eigenvalue weighted by Gasteiger charge is 2.38. The maximum atomic E-state index is 13.4. The van der Waals surface area contributed by atoms with Gasteiger partial charge in [-0.15, -0.1) is 0 Å². The Kier molecular flexibility index (Phi) is 3.32. The number of fused-ring (bicyclic) bond motifs is 1. The van der Waals surface area contributed by atoms with Crippen molar-refractivity contribution in [2.24, 2.45) is 0 Å². The van der Waals surface area contributed by atoms with Gasteiger partial charge in [-0.05, 0) is 32.5 Å². The number of hydrogen-bond donors (Lipinski definition) is 1. The van der Waals surface area contributed by atoms with Crippen LogP contribution in [0.1, 0.15) is 17.8 Å². The highest BCUT2D eigenvalue weighted by atomic mass is 19.4. The molecule has 4 nitrogen and oxygen atoms in total. The Morgan fingerprint density at radius 2 is 2.14 bits per heavy atom. The number of halogens is 3. The van der Waals surface area contributed by atoms with E-state index in [4.69, 9.17) is 4.74 Å². The summed E-state index contributed by atoms with van der Waals surface area (Å²) >= 11 is 0. The van der Waals surface area contributed by atoms with Gasteiger partial charge < -0.3 is 14.6 Å². The van der Waals surface area contributed by atoms with E-state index in [0.29, 0.717) is 17.9 Å². The van der Waals surface area contributed by atoms with Gasteiger partial charge in [0.25, 0.3) is 0 Å². The molecule has 1 aliphatic heterocycles. The summed E-state index contributed by atoms with van der Waals surface area (Å²) in [5.74, 6) is 0.315. The van der Waals surface area contributed by atoms with Crippen LogP contribution in [-0.2, 0) is 6.18 Å². The highest BCUT2D eigenvalue weighted by Crippen LogP contribution is 2.41. The van der Waals surface area contributed by atoms with Gasteiger partial charge in [0, 0.05) is 13.1 Å². The minimum Gasteiger partial charge on any atom is -0.488 e. The van der Waals surface area contributed by atoms with Crippen LogP contribution >= 0.6 is 0 Å². The third-order valence-electron chi connectivity index (χ3n) is 3.66. The molecule has 0 unspecified atom stereocenters. The second-order valence-corrected chi connectivity index (χ2v) is 5.45. The summed E-state index contributed by atoms with van der Waals surface area (Å²) in [6.45, 7) is 3.09. The van der Waals surface area contributed by atoms with Crippen molar-refractivity contribution in [1.29, 1.82) is 0 Å². The van der Waals surface area contributed by atoms with Crippen molar-refractivity contribution in [1.82, 2.24) is 14.9 Å². The number of likely N-dealkylation sites (N-methyl/N-ethyl adjacent to an activating group) is 1. The largest absolute Gasteiger partial charge is 0.488 e. The van der Waals surface area contributed by atoms with Gasteiger partial charge in [0.05, 0.1) is 5.52 Å². The highest BCUT2D eigenvalue weighted by molar-refractivity contribution is 5.82. The number of nitrogens with zero attached hydrogens (tertiary/aromatic N) is 2. The van der Waals surface area contributed by atoms with Crippen LogP contribution in [0.5, 0.6) is 5.75 Å². The number of hydrogen-bond acceptors (Lipinski definition) is 3. The maximum absolute atomic E-state index is 13.4. The van der Waals surface area contributed by atoms with Crippen molar-refractivity contribution in [2.45, 2.75) is 25.6 Å². The van der Waals surface area contributed by atoms with Gasteiger partial charge >= 0.3 is 6.18 Å². The van der Waals surface area contributed by atoms with Gasteiger partial charge in [0.15, 0.2) is 0 Å². The first-order chi connectivity index (χ1) is 9.84. The molecule has 1 aliphatic rings. The lowest BCUT2D eigenvalue weighted by molar-refractivity contribution is -0.138. The second-order valence-electron chi connectivity index (χ2n) is 5.45. The molecule has 1 aromatic heterocycles. The zero-order valence-corrected chi connectivity index (χ0v) is 11.8. The van der Waals surface area contributed by atoms with Crippen LogP contribution in [0.3, 0.4) is 0 Å². The van der Waals surface area contributed by atoms with E-state index >= 15 is 0 Å². The number of ether oxygens (including phenoxy) is 1. The van der Waals surface area contributed by atoms with Crippen LogP contribution in [0.4, 0.5) is 13.2 Å². The first-order valence-electron chi connectivity index (χ1n) is 6.76. The molecule has 0 bridgehead atoms. The molecule has 3 rings (SSSR count). The van der Waals surface area contributed by atoms with E-state index in [9.17, 15) is 13.2 Å². The fourth-order valence-corrected chi connectivity index (χ4v) is 2.72. The lowest BCUT2D eigenvalue weighted by atomic mass is 10.1. The Bertz CT molecular complexity index is 665. The second kappa shape index (κ2) is 4.91. The summed E-state index contributed by atoms with van der Waals surface area (Å²) in [5, 5.41) is 0. The molecule has 21 heavy (non-hydrogen) atoms. The van der Waals surface area contributed by atoms with Gasteiger partial charge in [-0.25, -0.2) is 4.98 Å². The third-order valence-corrected chi connectivity index (χ3v) is 3.66. The fraction of sp³-hybridized carbons (Fsp3) is 0.500. The summed E-state index contributed by atoms with van der Waals surface area (Å²) in [5.41, 5.74) is -0.501. The fourth-order valence-electron chi connectivity index (χ4n) is 2.72. The minimum absolute atomic E-state index is 0.0798. The van der Waals surface area contributed by atoms with Crippen molar-refractivity contribution in [2.75, 3.05) is 20.1 Å². The molecule has 7 heteroatoms. The van der Waals surface area contributed by atoms with Crippen LogP contribution < -0.4 is 4.74 Å². The summed E-state index contributed by atoms with van der Waals surface area (Å²) in [4.78, 5) is 8.82. The molecular formula is C14H16F3N3O. The molecule has 0 aliphatic carbocycles. The monoisotopic (exact) mass is 299 g/mol. The van der Waals surface area contributed by atoms with Crippen molar-refractivity contribution in [3.05, 3.63) is 23.5 Å². The molecule has 0 radical (unpaired) electrons. The topological polar surface area (TPSA) is 41.1 Å². The Labute approximate surface area is 119 Å². The standard InChI is InChI=1S/C14H16F3N3O/c1-8-18-10-3-4-11(21-9-5-6-20(2)7-9)12(13(10)19-8)14(15,16)17/h3-4,9H,5-7H2,1-2H3,(H,18,19)/t9-/m0/s1. The van der Waals surface area contributed by atoms with Crippen LogP contribution in [-0.4, -0.2) is 41.1 Å². The summed E-state index contributed by atoms with van der Waals surface area (Å²) in [7, 11) is 1.92. The first-order valence-corrected chi connectivity index (χ1v) is 6.76. The number of aromatic amines is 1. The molecule has 0 spiro atoms. The van der Waals surface area contributed by atoms with Crippen LogP contribution in [0, 0.1) is 6.92 Å². The number of H-pyrrole nitrogens is 1. The van der Waals surface area contributed by atoms with Gasteiger partial charge in [0.2, 0.25) is 0 Å². The van der Waals surface area contributed by atoms with Crippen molar-refractivity contribution >= 4 is 11.0 Å². The van der Waals surface area contributed by atoms with E-state index in [-0.39, 0.29) is 17.4 Å². The summed E-state index contributed by atoms with van der Waals surface area (Å²) in [6.07, 6.45) is -3.99. The van der Waals surface area contributed by atoms with Gasteiger partial charge in [-0.2, -0.15) is 13.2 Å². The molecule has 0 saturated carbocycles. The smallest absolute Gasteiger partial charge is 0.422 e. The molecule has 2 heterocycles. The average Bonchev–Trinajstić information content (AvgIpc) is 2.92. The minimum atomic E-state index is -4.50. The molecule has 1 N–H and O–H groups in total. The lowest BCUT2D eigenvalue weighted by Crippen LogP contribution is -2.23. The number of benzene rings is 1. The third kappa shape index (κ3) is 2.70. The SMILES string of the molecule is Cc1nc2c(C(F)(F)F)c(O[C@H]3CCN(C)C3)ccc2[nH]1. The lowest BCUT2D eigenvalue weighted by Gasteiger charge is -2.18.